The molecule has 2 aliphatic heterocycles. The van der Waals surface area contributed by atoms with Crippen molar-refractivity contribution in [3.8, 4) is 0 Å². The second-order valence-electron chi connectivity index (χ2n) is 7.04. The third-order valence-electron chi connectivity index (χ3n) is 5.20. The molecule has 2 aromatic rings. The number of fused-ring (bicyclic) bond motifs is 1. The van der Waals surface area contributed by atoms with Crippen LogP contribution in [0.15, 0.2) is 40.6 Å². The van der Waals surface area contributed by atoms with Crippen LogP contribution in [0.2, 0.25) is 0 Å². The Morgan fingerprint density at radius 1 is 1.20 bits per heavy atom. The molecule has 1 saturated heterocycles. The van der Waals surface area contributed by atoms with Gasteiger partial charge < -0.3 is 10.0 Å². The smallest absolute Gasteiger partial charge is 0.395 e. The predicted molar refractivity (Wildman–Crippen MR) is 108 cm³/mol. The van der Waals surface area contributed by atoms with E-state index in [0.717, 1.165) is 21.0 Å². The van der Waals surface area contributed by atoms with Gasteiger partial charge in [-0.1, -0.05) is 23.5 Å². The Labute approximate surface area is 174 Å². The molecule has 0 spiro atoms. The van der Waals surface area contributed by atoms with Crippen LogP contribution < -0.4 is 5.01 Å². The summed E-state index contributed by atoms with van der Waals surface area (Å²) in [5, 5.41) is 13.6. The zero-order valence-electron chi connectivity index (χ0n) is 16.2. The van der Waals surface area contributed by atoms with Crippen LogP contribution in [0, 0.1) is 0 Å². The number of thiazole rings is 1. The number of alkyl halides is 3. The fourth-order valence-corrected chi connectivity index (χ4v) is 4.53. The van der Waals surface area contributed by atoms with E-state index >= 15 is 0 Å². The van der Waals surface area contributed by atoms with Gasteiger partial charge in [0.1, 0.15) is 0 Å². The molecule has 2 aliphatic rings. The molecule has 4 rings (SSSR count). The lowest BCUT2D eigenvalue weighted by Gasteiger charge is -2.36. The minimum absolute atomic E-state index is 0.0283. The van der Waals surface area contributed by atoms with E-state index in [4.69, 9.17) is 5.11 Å². The molecule has 30 heavy (non-hydrogen) atoms. The number of carbonyl (C=O) groups is 1. The van der Waals surface area contributed by atoms with Gasteiger partial charge in [0.25, 0.3) is 5.91 Å². The van der Waals surface area contributed by atoms with Crippen LogP contribution in [0.3, 0.4) is 0 Å². The monoisotopic (exact) mass is 439 g/mol. The number of piperazine rings is 1. The average molecular weight is 439 g/mol. The Hall–Kier alpha value is -2.50. The van der Waals surface area contributed by atoms with Gasteiger partial charge in [-0.15, -0.1) is 0 Å². The van der Waals surface area contributed by atoms with E-state index in [0.29, 0.717) is 38.2 Å². The number of carbonyl (C=O) groups excluding carboxylic acids is 1. The van der Waals surface area contributed by atoms with E-state index in [9.17, 15) is 18.0 Å². The highest BCUT2D eigenvalue weighted by Crippen LogP contribution is 2.37. The number of hydrazone groups is 1. The molecule has 7 nitrogen and oxygen atoms in total. The highest BCUT2D eigenvalue weighted by molar-refractivity contribution is 7.22. The number of amides is 1. The Balaban J connectivity index is 1.68. The molecule has 160 valence electrons. The maximum absolute atomic E-state index is 13.8. The summed E-state index contributed by atoms with van der Waals surface area (Å²) in [6.45, 7) is 4.20. The fraction of sp³-hybridized carbons (Fsp3) is 0.421. The van der Waals surface area contributed by atoms with E-state index < -0.39 is 23.4 Å². The predicted octanol–water partition coefficient (Wildman–Crippen LogP) is 2.45. The first-order valence-corrected chi connectivity index (χ1v) is 10.3. The number of benzene rings is 1. The quantitative estimate of drug-likeness (QED) is 0.741. The van der Waals surface area contributed by atoms with Crippen LogP contribution >= 0.6 is 11.3 Å². The number of hydrogen-bond donors (Lipinski definition) is 1. The lowest BCUT2D eigenvalue weighted by molar-refractivity contribution is -0.114. The zero-order chi connectivity index (χ0) is 21.5. The molecule has 1 amide bonds. The van der Waals surface area contributed by atoms with Crippen molar-refractivity contribution in [1.29, 1.82) is 0 Å². The summed E-state index contributed by atoms with van der Waals surface area (Å²) in [5.41, 5.74) is -0.772. The molecule has 0 unspecified atom stereocenters. The van der Waals surface area contributed by atoms with E-state index in [2.05, 4.69) is 10.1 Å². The molecule has 1 fully saturated rings. The fourth-order valence-electron chi connectivity index (χ4n) is 3.61. The molecule has 11 heteroatoms. The Morgan fingerprint density at radius 3 is 2.53 bits per heavy atom. The summed E-state index contributed by atoms with van der Waals surface area (Å²) in [7, 11) is 0. The number of allylic oxidation sites excluding steroid dienone is 1. The SMILES string of the molecule is C/C(=C1\C(=O)N(c2nc3ccccc3s2)N=C1C(F)(F)F)N1CCN(CCO)CC1. The average Bonchev–Trinajstić information content (AvgIpc) is 3.29. The van der Waals surface area contributed by atoms with Crippen LogP contribution in [-0.2, 0) is 4.79 Å². The molecule has 0 radical (unpaired) electrons. The summed E-state index contributed by atoms with van der Waals surface area (Å²) < 4.78 is 42.0. The standard InChI is InChI=1S/C19H20F3N5O2S/c1-12(26-8-6-25(7-9-26)10-11-28)15-16(19(20,21)22)24-27(17(15)29)18-23-13-4-2-3-5-14(13)30-18/h2-5,28H,6-11H2,1H3/b15-12+. The van der Waals surface area contributed by atoms with Crippen molar-refractivity contribution >= 4 is 38.3 Å². The van der Waals surface area contributed by atoms with Crippen LogP contribution in [0.5, 0.6) is 0 Å². The summed E-state index contributed by atoms with van der Waals surface area (Å²) in [5.74, 6) is -0.823. The van der Waals surface area contributed by atoms with Crippen LogP contribution in [-0.4, -0.2) is 77.0 Å². The van der Waals surface area contributed by atoms with Gasteiger partial charge in [0.05, 0.1) is 22.4 Å². The molecule has 3 heterocycles. The molecule has 0 atom stereocenters. The number of aromatic nitrogens is 1. The number of para-hydroxylation sites is 1. The van der Waals surface area contributed by atoms with Gasteiger partial charge in [0.15, 0.2) is 5.71 Å². The third-order valence-corrected chi connectivity index (χ3v) is 6.21. The first-order valence-electron chi connectivity index (χ1n) is 9.45. The largest absolute Gasteiger partial charge is 0.436 e. The maximum atomic E-state index is 13.8. The van der Waals surface area contributed by atoms with Crippen molar-refractivity contribution in [3.63, 3.8) is 0 Å². The highest BCUT2D eigenvalue weighted by atomic mass is 32.1. The first kappa shape index (κ1) is 20.8. The van der Waals surface area contributed by atoms with Gasteiger partial charge in [-0.3, -0.25) is 9.69 Å². The molecule has 1 N–H and O–H groups in total. The molecule has 1 aromatic heterocycles. The van der Waals surface area contributed by atoms with Crippen LogP contribution in [0.1, 0.15) is 6.92 Å². The second-order valence-corrected chi connectivity index (χ2v) is 8.05. The lowest BCUT2D eigenvalue weighted by atomic mass is 10.1. The summed E-state index contributed by atoms with van der Waals surface area (Å²) >= 11 is 1.12. The summed E-state index contributed by atoms with van der Waals surface area (Å²) in [4.78, 5) is 21.1. The Bertz CT molecular complexity index is 992. The van der Waals surface area contributed by atoms with Gasteiger partial charge in [0, 0.05) is 38.4 Å². The zero-order valence-corrected chi connectivity index (χ0v) is 17.0. The number of halogens is 3. The van der Waals surface area contributed by atoms with E-state index in [1.165, 1.54) is 6.92 Å². The van der Waals surface area contributed by atoms with E-state index in [-0.39, 0.29) is 17.4 Å². The normalized spacial score (nSPS) is 20.3. The highest BCUT2D eigenvalue weighted by Gasteiger charge is 2.49. The number of β-amino-alcohol motifs (C(OH)–C–C–N with tert-alkyl or cyclic N) is 1. The second kappa shape index (κ2) is 7.97. The van der Waals surface area contributed by atoms with Crippen molar-refractivity contribution in [2.24, 2.45) is 5.10 Å². The summed E-state index contributed by atoms with van der Waals surface area (Å²) in [6.07, 6.45) is -4.77. The number of hydrogen-bond acceptors (Lipinski definition) is 7. The van der Waals surface area contributed by atoms with E-state index in [1.807, 2.05) is 4.90 Å². The molecule has 1 aromatic carbocycles. The minimum Gasteiger partial charge on any atom is -0.395 e. The van der Waals surface area contributed by atoms with Crippen molar-refractivity contribution in [1.82, 2.24) is 14.8 Å². The Kier molecular flexibility index (Phi) is 5.51. The van der Waals surface area contributed by atoms with Crippen LogP contribution in [0.4, 0.5) is 18.3 Å². The third kappa shape index (κ3) is 3.80. The number of rotatable bonds is 4. The van der Waals surface area contributed by atoms with Crippen molar-refractivity contribution in [3.05, 3.63) is 35.5 Å². The van der Waals surface area contributed by atoms with Gasteiger partial charge >= 0.3 is 6.18 Å². The topological polar surface area (TPSA) is 72.3 Å². The van der Waals surface area contributed by atoms with E-state index in [1.54, 1.807) is 29.2 Å². The lowest BCUT2D eigenvalue weighted by Crippen LogP contribution is -2.47. The van der Waals surface area contributed by atoms with Gasteiger partial charge in [-0.05, 0) is 19.1 Å². The van der Waals surface area contributed by atoms with Gasteiger partial charge in [-0.2, -0.15) is 23.3 Å². The van der Waals surface area contributed by atoms with Crippen molar-refractivity contribution in [2.75, 3.05) is 44.3 Å². The number of anilines is 1. The van der Waals surface area contributed by atoms with Gasteiger partial charge in [-0.25, -0.2) is 4.98 Å². The molecular formula is C19H20F3N5O2S. The number of aliphatic hydroxyl groups is 1. The molecule has 0 saturated carbocycles. The molecular weight excluding hydrogens is 419 g/mol. The maximum Gasteiger partial charge on any atom is 0.436 e. The molecule has 0 bridgehead atoms. The number of nitrogens with zero attached hydrogens (tertiary/aromatic N) is 5. The molecule has 0 aliphatic carbocycles. The van der Waals surface area contributed by atoms with Gasteiger partial charge in [0.2, 0.25) is 5.13 Å². The van der Waals surface area contributed by atoms with Crippen molar-refractivity contribution in [2.45, 2.75) is 13.1 Å². The first-order chi connectivity index (χ1) is 14.3. The Morgan fingerprint density at radius 2 is 1.90 bits per heavy atom. The number of aliphatic hydroxyl groups excluding tert-OH is 1. The minimum atomic E-state index is -4.77. The van der Waals surface area contributed by atoms with Crippen LogP contribution in [0.25, 0.3) is 10.2 Å². The van der Waals surface area contributed by atoms with Crippen molar-refractivity contribution < 1.29 is 23.1 Å². The summed E-state index contributed by atoms with van der Waals surface area (Å²) in [6, 6.07) is 7.10.